The van der Waals surface area contributed by atoms with Crippen molar-refractivity contribution < 1.29 is 138 Å². The molecule has 624 valence electrons. The molecule has 5 saturated heterocycles. The average molecular weight is 1540 g/mol. The molecule has 31 heteroatoms. The summed E-state index contributed by atoms with van der Waals surface area (Å²) in [7, 11) is 0. The molecule has 10 unspecified atom stereocenters. The Morgan fingerprint density at radius 1 is 0.364 bits per heavy atom. The molecule has 0 saturated carbocycles. The molecule has 0 aliphatic carbocycles. The summed E-state index contributed by atoms with van der Waals surface area (Å²) in [4.78, 5) is 38.4. The van der Waals surface area contributed by atoms with E-state index in [0.717, 1.165) is 71.6 Å². The molecule has 27 atom stereocenters. The van der Waals surface area contributed by atoms with Crippen molar-refractivity contribution in [2.24, 2.45) is 0 Å². The van der Waals surface area contributed by atoms with Gasteiger partial charge in [-0.25, -0.2) is 0 Å². The second kappa shape index (κ2) is 53.1. The first kappa shape index (κ1) is 94.5. The van der Waals surface area contributed by atoms with Crippen molar-refractivity contribution in [3.8, 4) is 0 Å². The minimum Gasteiger partial charge on any atom is -0.394 e. The van der Waals surface area contributed by atoms with Crippen LogP contribution in [0.15, 0.2) is 24.3 Å². The zero-order chi connectivity index (χ0) is 78.2. The van der Waals surface area contributed by atoms with Crippen molar-refractivity contribution in [2.45, 2.75) is 399 Å². The predicted octanol–water partition coefficient (Wildman–Crippen LogP) is 1.87. The number of hydrogen-bond donors (Lipinski definition) is 18. The van der Waals surface area contributed by atoms with Crippen LogP contribution in [0.2, 0.25) is 0 Å². The maximum atomic E-state index is 13.5. The second-order valence-corrected chi connectivity index (χ2v) is 29.6. The number of aliphatic hydroxyl groups is 15. The largest absolute Gasteiger partial charge is 0.394 e. The van der Waals surface area contributed by atoms with Crippen LogP contribution in [0.25, 0.3) is 0 Å². The lowest BCUT2D eigenvalue weighted by Gasteiger charge is -2.51. The van der Waals surface area contributed by atoms with Gasteiger partial charge in [0.1, 0.15) is 122 Å². The van der Waals surface area contributed by atoms with E-state index in [0.29, 0.717) is 12.8 Å². The van der Waals surface area contributed by atoms with Crippen LogP contribution in [0.3, 0.4) is 0 Å². The van der Waals surface area contributed by atoms with Gasteiger partial charge in [-0.15, -0.1) is 0 Å². The third-order valence-electron chi connectivity index (χ3n) is 20.8. The van der Waals surface area contributed by atoms with E-state index in [4.69, 9.17) is 47.4 Å². The highest BCUT2D eigenvalue weighted by molar-refractivity contribution is 5.76. The normalized spacial score (nSPS) is 34.1. The van der Waals surface area contributed by atoms with Crippen LogP contribution in [0.4, 0.5) is 0 Å². The molecule has 0 spiro atoms. The van der Waals surface area contributed by atoms with Crippen molar-refractivity contribution >= 4 is 17.7 Å². The Morgan fingerprint density at radius 2 is 0.692 bits per heavy atom. The molecule has 5 fully saturated rings. The first-order valence-electron chi connectivity index (χ1n) is 40.1. The van der Waals surface area contributed by atoms with Crippen molar-refractivity contribution in [3.63, 3.8) is 0 Å². The number of nitrogens with one attached hydrogen (secondary N) is 3. The molecule has 31 nitrogen and oxygen atoms in total. The summed E-state index contributed by atoms with van der Waals surface area (Å²) in [6.07, 6.45) is -0.483. The van der Waals surface area contributed by atoms with Crippen molar-refractivity contribution in [1.82, 2.24) is 16.0 Å². The summed E-state index contributed by atoms with van der Waals surface area (Å²) in [6, 6.07) is -4.37. The molecule has 5 heterocycles. The Hall–Kier alpha value is -3.11. The fourth-order valence-corrected chi connectivity index (χ4v) is 14.4. The van der Waals surface area contributed by atoms with Crippen LogP contribution in [-0.4, -0.2) is 300 Å². The van der Waals surface area contributed by atoms with E-state index in [-0.39, 0.29) is 12.3 Å². The number of rotatable bonds is 54. The highest BCUT2D eigenvalue weighted by atomic mass is 16.8. The number of aliphatic hydroxyl groups excluding tert-OH is 15. The molecule has 0 aromatic heterocycles. The Labute approximate surface area is 632 Å². The number of amides is 3. The van der Waals surface area contributed by atoms with E-state index in [2.05, 4.69) is 41.9 Å². The highest BCUT2D eigenvalue weighted by Crippen LogP contribution is 2.38. The summed E-state index contributed by atoms with van der Waals surface area (Å²) in [6.45, 7) is 1.29. The van der Waals surface area contributed by atoms with Gasteiger partial charge in [0.2, 0.25) is 17.7 Å². The van der Waals surface area contributed by atoms with Crippen LogP contribution < -0.4 is 16.0 Å². The average Bonchev–Trinajstić information content (AvgIpc) is 0.769. The van der Waals surface area contributed by atoms with E-state index in [9.17, 15) is 91.0 Å². The first-order chi connectivity index (χ1) is 51.6. The summed E-state index contributed by atoms with van der Waals surface area (Å²) < 4.78 is 59.8. The molecule has 0 radical (unpaired) electrons. The van der Waals surface area contributed by atoms with E-state index in [1.807, 2.05) is 6.08 Å². The maximum absolute atomic E-state index is 13.5. The molecule has 0 bridgehead atoms. The van der Waals surface area contributed by atoms with Gasteiger partial charge in [0.15, 0.2) is 31.5 Å². The lowest BCUT2D eigenvalue weighted by atomic mass is 9.94. The Morgan fingerprint density at radius 3 is 1.09 bits per heavy atom. The summed E-state index contributed by atoms with van der Waals surface area (Å²) in [5.41, 5.74) is 0. The third kappa shape index (κ3) is 31.7. The number of allylic oxidation sites excluding steroid dienone is 3. The minimum absolute atomic E-state index is 0.186. The lowest BCUT2D eigenvalue weighted by Crippen LogP contribution is -2.70. The number of hydrogen-bond acceptors (Lipinski definition) is 28. The molecular formula is C76H137N3O28. The fraction of sp³-hybridized carbons (Fsp3) is 0.908. The quantitative estimate of drug-likeness (QED) is 0.0305. The van der Waals surface area contributed by atoms with Gasteiger partial charge in [0.05, 0.1) is 51.8 Å². The molecule has 0 aromatic carbocycles. The van der Waals surface area contributed by atoms with Crippen molar-refractivity contribution in [2.75, 3.05) is 39.6 Å². The van der Waals surface area contributed by atoms with E-state index < -0.39 is 217 Å². The molecule has 0 aromatic rings. The van der Waals surface area contributed by atoms with Crippen LogP contribution in [0.1, 0.15) is 233 Å². The molecular weight excluding hydrogens is 1400 g/mol. The van der Waals surface area contributed by atoms with Gasteiger partial charge in [0, 0.05) is 20.3 Å². The Bertz CT molecular complexity index is 2430. The number of carbonyl (C=O) groups is 3. The molecule has 18 N–H and O–H groups in total. The van der Waals surface area contributed by atoms with Gasteiger partial charge in [-0.05, 0) is 44.9 Å². The Balaban J connectivity index is 1.20. The number of carbonyl (C=O) groups excluding carboxylic acids is 3. The number of ether oxygens (including phenoxy) is 10. The molecule has 5 aliphatic rings. The summed E-state index contributed by atoms with van der Waals surface area (Å²) in [5.74, 6) is -1.88. The smallest absolute Gasteiger partial charge is 0.220 e. The molecule has 5 aliphatic heterocycles. The van der Waals surface area contributed by atoms with Crippen molar-refractivity contribution in [1.29, 1.82) is 0 Å². The SMILES string of the molecule is CCCCCCCC/C=C\CCCCCCCCCCCCCC(=O)N[C@@H](CO[C@@H]1OC(CO)[C@@H](O[C@@H]2OC(CO)[C@H](O[C@@H]3OC(CO)[C@H](O[C@@H]4OC(CO)[C@H](O)[C@H](O)C4NC(C)=O)[C@H](O[C@@H]4OC(CO)[C@H](O)[C@H](O)C4NC(C)=O)C3O)[C@H](O)C2O)[C@H](O)C1O)[C@H](O)/C=C/CCCCCCCCCCCCC. The molecule has 3 amide bonds. The Kier molecular flexibility index (Phi) is 46.8. The third-order valence-corrected chi connectivity index (χ3v) is 20.8. The van der Waals surface area contributed by atoms with Gasteiger partial charge in [-0.2, -0.15) is 0 Å². The standard InChI is InChI=1S/C76H137N3O28/c1-5-7-9-11-13-15-17-19-20-21-22-23-24-25-26-28-30-32-34-36-38-40-56(88)79-49(50(87)39-37-35-33-31-29-27-18-16-14-12-10-8-6-2)46-98-74-65(95)63(93)68(53(43-82)101-74)104-75-66(96)64(94)69(54(44-83)102-75)105-76-67(97)71(107-73-58(78-48(4)86)62(92)60(90)52(42-81)100-73)70(55(45-84)103-76)106-72-57(77-47(3)85)61(91)59(89)51(41-80)99-72/h19-20,37,39,49-55,57-76,80-84,87,89-97H,5-18,21-36,38,40-46H2,1-4H3,(H,77,85)(H,78,86)(H,79,88)/b20-19-,39-37+/t49-,50+,51?,52?,53?,54?,55?,57?,58?,59-,60-,61+,62+,63+,64+,65?,66?,67?,68+,69-,70-,71+,72-,73-,74+,75-,76-/m0/s1. The second-order valence-electron chi connectivity index (χ2n) is 29.6. The van der Waals surface area contributed by atoms with Gasteiger partial charge in [-0.3, -0.25) is 14.4 Å². The van der Waals surface area contributed by atoms with Gasteiger partial charge in [-0.1, -0.05) is 192 Å². The van der Waals surface area contributed by atoms with Gasteiger partial charge >= 0.3 is 0 Å². The van der Waals surface area contributed by atoms with E-state index >= 15 is 0 Å². The topological polar surface area (TPSA) is 483 Å². The van der Waals surface area contributed by atoms with Gasteiger partial charge in [0.25, 0.3) is 0 Å². The van der Waals surface area contributed by atoms with Crippen LogP contribution in [-0.2, 0) is 61.8 Å². The van der Waals surface area contributed by atoms with E-state index in [1.54, 1.807) is 6.08 Å². The summed E-state index contributed by atoms with van der Waals surface area (Å²) in [5, 5.41) is 175. The van der Waals surface area contributed by atoms with Crippen LogP contribution in [0, 0.1) is 0 Å². The maximum Gasteiger partial charge on any atom is 0.220 e. The van der Waals surface area contributed by atoms with Gasteiger partial charge < -0.3 is 140 Å². The van der Waals surface area contributed by atoms with E-state index in [1.165, 1.54) is 128 Å². The zero-order valence-electron chi connectivity index (χ0n) is 63.8. The first-order valence-corrected chi connectivity index (χ1v) is 40.1. The minimum atomic E-state index is -2.26. The fourth-order valence-electron chi connectivity index (χ4n) is 14.4. The monoisotopic (exact) mass is 1540 g/mol. The predicted molar refractivity (Wildman–Crippen MR) is 389 cm³/mol. The van der Waals surface area contributed by atoms with Crippen molar-refractivity contribution in [3.05, 3.63) is 24.3 Å². The number of unbranched alkanes of at least 4 members (excludes halogenated alkanes) is 28. The van der Waals surface area contributed by atoms with Crippen LogP contribution in [0.5, 0.6) is 0 Å². The zero-order valence-corrected chi connectivity index (χ0v) is 63.8. The molecule has 107 heavy (non-hydrogen) atoms. The summed E-state index contributed by atoms with van der Waals surface area (Å²) >= 11 is 0. The van der Waals surface area contributed by atoms with Crippen LogP contribution >= 0.6 is 0 Å². The highest BCUT2D eigenvalue weighted by Gasteiger charge is 2.58. The lowest BCUT2D eigenvalue weighted by molar-refractivity contribution is -0.396. The molecule has 5 rings (SSSR count).